The van der Waals surface area contributed by atoms with Crippen LogP contribution in [0.25, 0.3) is 0 Å². The topological polar surface area (TPSA) is 139 Å². The molecule has 0 unspecified atom stereocenters. The summed E-state index contributed by atoms with van der Waals surface area (Å²) in [7, 11) is 1.55. The predicted octanol–water partition coefficient (Wildman–Crippen LogP) is 0.888. The zero-order valence-corrected chi connectivity index (χ0v) is 16.3. The standard InChI is InChI=1S/C17H21N5O5S/c1-3-4-7-27-12-6-5-11(8-13(12)26-2)9-18-20-14(23)10-28-16-15(24)19-17(25)22-21-16/h5-6,8-9H,3-4,7,10H2,1-2H3,(H,20,23)(H2,19,22,24,25)/b18-9+. The van der Waals surface area contributed by atoms with E-state index in [0.29, 0.717) is 23.7 Å². The molecule has 11 heteroatoms. The second-order valence-electron chi connectivity index (χ2n) is 5.51. The number of benzene rings is 1. The lowest BCUT2D eigenvalue weighted by atomic mass is 10.2. The van der Waals surface area contributed by atoms with E-state index in [-0.39, 0.29) is 10.8 Å². The van der Waals surface area contributed by atoms with Gasteiger partial charge in [0.15, 0.2) is 16.5 Å². The van der Waals surface area contributed by atoms with E-state index in [1.165, 1.54) is 6.21 Å². The van der Waals surface area contributed by atoms with Crippen LogP contribution in [0.1, 0.15) is 25.3 Å². The van der Waals surface area contributed by atoms with Crippen molar-refractivity contribution in [3.63, 3.8) is 0 Å². The van der Waals surface area contributed by atoms with Crippen LogP contribution in [0.15, 0.2) is 37.9 Å². The second kappa shape index (κ2) is 10.9. The Morgan fingerprint density at radius 1 is 1.36 bits per heavy atom. The SMILES string of the molecule is CCCCOc1ccc(/C=N/NC(=O)CSc2n[nH]c(=O)[nH]c2=O)cc1OC. The van der Waals surface area contributed by atoms with Crippen molar-refractivity contribution >= 4 is 23.9 Å². The average Bonchev–Trinajstić information content (AvgIpc) is 2.68. The number of aromatic amines is 2. The van der Waals surface area contributed by atoms with Gasteiger partial charge < -0.3 is 9.47 Å². The zero-order valence-electron chi connectivity index (χ0n) is 15.5. The molecule has 0 saturated heterocycles. The molecule has 1 amide bonds. The van der Waals surface area contributed by atoms with Crippen molar-refractivity contribution in [2.24, 2.45) is 5.10 Å². The molecule has 150 valence electrons. The number of hydrogen-bond donors (Lipinski definition) is 3. The fourth-order valence-corrected chi connectivity index (χ4v) is 2.61. The molecule has 0 bridgehead atoms. The highest BCUT2D eigenvalue weighted by molar-refractivity contribution is 7.99. The number of amides is 1. The van der Waals surface area contributed by atoms with Crippen LogP contribution in [-0.2, 0) is 4.79 Å². The number of aromatic nitrogens is 3. The Balaban J connectivity index is 1.88. The largest absolute Gasteiger partial charge is 0.493 e. The molecule has 0 aliphatic heterocycles. The van der Waals surface area contributed by atoms with Gasteiger partial charge in [-0.25, -0.2) is 15.3 Å². The highest BCUT2D eigenvalue weighted by atomic mass is 32.2. The number of nitrogens with one attached hydrogen (secondary N) is 3. The van der Waals surface area contributed by atoms with E-state index in [1.54, 1.807) is 25.3 Å². The molecule has 10 nitrogen and oxygen atoms in total. The van der Waals surface area contributed by atoms with Gasteiger partial charge >= 0.3 is 5.69 Å². The number of unbranched alkanes of at least 4 members (excludes halogenated alkanes) is 1. The fourth-order valence-electron chi connectivity index (χ4n) is 1.99. The van der Waals surface area contributed by atoms with Crippen LogP contribution in [0.4, 0.5) is 0 Å². The normalized spacial score (nSPS) is 10.8. The lowest BCUT2D eigenvalue weighted by Gasteiger charge is -2.10. The number of carbonyl (C=O) groups is 1. The highest BCUT2D eigenvalue weighted by Crippen LogP contribution is 2.27. The van der Waals surface area contributed by atoms with E-state index in [9.17, 15) is 14.4 Å². The van der Waals surface area contributed by atoms with Gasteiger partial charge in [-0.1, -0.05) is 25.1 Å². The van der Waals surface area contributed by atoms with Crippen molar-refractivity contribution in [2.75, 3.05) is 19.5 Å². The monoisotopic (exact) mass is 407 g/mol. The highest BCUT2D eigenvalue weighted by Gasteiger charge is 2.08. The molecule has 0 saturated carbocycles. The smallest absolute Gasteiger partial charge is 0.342 e. The summed E-state index contributed by atoms with van der Waals surface area (Å²) in [5, 5.41) is 9.52. The number of H-pyrrole nitrogens is 2. The van der Waals surface area contributed by atoms with E-state index in [0.717, 1.165) is 24.6 Å². The summed E-state index contributed by atoms with van der Waals surface area (Å²) in [6.45, 7) is 2.70. The summed E-state index contributed by atoms with van der Waals surface area (Å²) in [4.78, 5) is 36.2. The van der Waals surface area contributed by atoms with Gasteiger partial charge in [-0.15, -0.1) is 0 Å². The van der Waals surface area contributed by atoms with E-state index in [4.69, 9.17) is 9.47 Å². The predicted molar refractivity (Wildman–Crippen MR) is 105 cm³/mol. The maximum Gasteiger partial charge on any atom is 0.342 e. The van der Waals surface area contributed by atoms with Gasteiger partial charge in [0, 0.05) is 0 Å². The zero-order chi connectivity index (χ0) is 20.4. The molecule has 28 heavy (non-hydrogen) atoms. The minimum absolute atomic E-state index is 0.0119. The third-order valence-electron chi connectivity index (χ3n) is 3.37. The first kappa shape index (κ1) is 21.2. The van der Waals surface area contributed by atoms with Crippen LogP contribution < -0.4 is 26.1 Å². The Bertz CT molecular complexity index is 940. The van der Waals surface area contributed by atoms with Crippen LogP contribution in [0.2, 0.25) is 0 Å². The van der Waals surface area contributed by atoms with Gasteiger partial charge in [-0.05, 0) is 30.2 Å². The lowest BCUT2D eigenvalue weighted by molar-refractivity contribution is -0.118. The van der Waals surface area contributed by atoms with Crippen molar-refractivity contribution < 1.29 is 14.3 Å². The lowest BCUT2D eigenvalue weighted by Crippen LogP contribution is -2.26. The molecule has 3 N–H and O–H groups in total. The van der Waals surface area contributed by atoms with Crippen LogP contribution in [0, 0.1) is 0 Å². The number of methoxy groups -OCH3 is 1. The number of thioether (sulfide) groups is 1. The van der Waals surface area contributed by atoms with Crippen LogP contribution in [-0.4, -0.2) is 46.8 Å². The summed E-state index contributed by atoms with van der Waals surface area (Å²) < 4.78 is 11.0. The second-order valence-corrected chi connectivity index (χ2v) is 6.47. The van der Waals surface area contributed by atoms with Gasteiger partial charge in [-0.3, -0.25) is 14.6 Å². The third-order valence-corrected chi connectivity index (χ3v) is 4.32. The molecule has 0 aliphatic rings. The molecule has 0 aliphatic carbocycles. The number of carbonyl (C=O) groups excluding carboxylic acids is 1. The number of hydrogen-bond acceptors (Lipinski definition) is 8. The van der Waals surface area contributed by atoms with Crippen LogP contribution in [0.3, 0.4) is 0 Å². The molecule has 1 aromatic heterocycles. The van der Waals surface area contributed by atoms with E-state index < -0.39 is 17.2 Å². The van der Waals surface area contributed by atoms with Gasteiger partial charge in [0.25, 0.3) is 5.56 Å². The van der Waals surface area contributed by atoms with Gasteiger partial charge in [0.2, 0.25) is 5.91 Å². The van der Waals surface area contributed by atoms with E-state index in [2.05, 4.69) is 27.6 Å². The Morgan fingerprint density at radius 3 is 2.89 bits per heavy atom. The molecule has 2 aromatic rings. The first-order valence-electron chi connectivity index (χ1n) is 8.48. The van der Waals surface area contributed by atoms with Crippen LogP contribution >= 0.6 is 11.8 Å². The molecule has 2 rings (SSSR count). The van der Waals surface area contributed by atoms with Crippen molar-refractivity contribution in [1.82, 2.24) is 20.6 Å². The van der Waals surface area contributed by atoms with E-state index in [1.807, 2.05) is 4.98 Å². The molecular formula is C17H21N5O5S. The van der Waals surface area contributed by atoms with Crippen molar-refractivity contribution in [2.45, 2.75) is 24.8 Å². The molecular weight excluding hydrogens is 386 g/mol. The van der Waals surface area contributed by atoms with E-state index >= 15 is 0 Å². The summed E-state index contributed by atoms with van der Waals surface area (Å²) in [6.07, 6.45) is 3.46. The molecule has 0 fully saturated rings. The van der Waals surface area contributed by atoms with Crippen molar-refractivity contribution in [1.29, 1.82) is 0 Å². The molecule has 1 aromatic carbocycles. The minimum Gasteiger partial charge on any atom is -0.493 e. The van der Waals surface area contributed by atoms with Crippen molar-refractivity contribution in [3.05, 3.63) is 44.6 Å². The maximum atomic E-state index is 11.8. The number of hydrazone groups is 1. The molecule has 0 radical (unpaired) electrons. The van der Waals surface area contributed by atoms with Gasteiger partial charge in [0.1, 0.15) is 0 Å². The first-order valence-corrected chi connectivity index (χ1v) is 9.46. The quantitative estimate of drug-likeness (QED) is 0.230. The minimum atomic E-state index is -0.708. The molecule has 0 spiro atoms. The third kappa shape index (κ3) is 6.58. The Hall–Kier alpha value is -3.08. The first-order chi connectivity index (χ1) is 13.5. The summed E-state index contributed by atoms with van der Waals surface area (Å²) in [5.74, 6) is 0.699. The Morgan fingerprint density at radius 2 is 2.18 bits per heavy atom. The number of ether oxygens (including phenoxy) is 2. The summed E-state index contributed by atoms with van der Waals surface area (Å²) >= 11 is 0.880. The Kier molecular flexibility index (Phi) is 8.28. The van der Waals surface area contributed by atoms with Crippen molar-refractivity contribution in [3.8, 4) is 11.5 Å². The van der Waals surface area contributed by atoms with Crippen LogP contribution in [0.5, 0.6) is 11.5 Å². The fraction of sp³-hybridized carbons (Fsp3) is 0.353. The maximum absolute atomic E-state index is 11.8. The van der Waals surface area contributed by atoms with Gasteiger partial charge in [0.05, 0.1) is 25.7 Å². The van der Waals surface area contributed by atoms with Gasteiger partial charge in [-0.2, -0.15) is 10.2 Å². The summed E-state index contributed by atoms with van der Waals surface area (Å²) in [6, 6.07) is 5.31. The molecule has 0 atom stereocenters. The average molecular weight is 407 g/mol. The number of rotatable bonds is 10. The number of nitrogens with zero attached hydrogens (tertiary/aromatic N) is 2. The Labute approximate surface area is 164 Å². The molecule has 1 heterocycles. The summed E-state index contributed by atoms with van der Waals surface area (Å²) in [5.41, 5.74) is 1.70.